The van der Waals surface area contributed by atoms with E-state index in [1.807, 2.05) is 12.1 Å². The number of ether oxygens (including phenoxy) is 2. The second kappa shape index (κ2) is 9.13. The zero-order valence-corrected chi connectivity index (χ0v) is 16.9. The lowest BCUT2D eigenvalue weighted by Crippen LogP contribution is -2.45. The summed E-state index contributed by atoms with van der Waals surface area (Å²) in [6.07, 6.45) is 0. The lowest BCUT2D eigenvalue weighted by Gasteiger charge is -2.28. The smallest absolute Gasteiger partial charge is 0.338 e. The lowest BCUT2D eigenvalue weighted by molar-refractivity contribution is -0.140. The molecule has 1 atom stereocenters. The van der Waals surface area contributed by atoms with Crippen molar-refractivity contribution in [3.63, 3.8) is 0 Å². The van der Waals surface area contributed by atoms with E-state index < -0.39 is 18.0 Å². The summed E-state index contributed by atoms with van der Waals surface area (Å²) >= 11 is 0. The molecule has 1 aliphatic heterocycles. The Bertz CT molecular complexity index is 981. The summed E-state index contributed by atoms with van der Waals surface area (Å²) in [7, 11) is 1.58. The summed E-state index contributed by atoms with van der Waals surface area (Å²) in [5, 5.41) is 8.05. The third kappa shape index (κ3) is 4.96. The van der Waals surface area contributed by atoms with Crippen LogP contribution in [-0.4, -0.2) is 25.0 Å². The van der Waals surface area contributed by atoms with Crippen molar-refractivity contribution < 1.29 is 23.9 Å². The first-order valence-corrected chi connectivity index (χ1v) is 9.33. The maximum absolute atomic E-state index is 12.9. The maximum atomic E-state index is 12.9. The fraction of sp³-hybridized carbons (Fsp3) is 0.227. The molecule has 2 aromatic carbocycles. The van der Waals surface area contributed by atoms with Gasteiger partial charge in [-0.25, -0.2) is 9.59 Å². The number of methoxy groups -OCH3 is 1. The molecule has 3 rings (SSSR count). The van der Waals surface area contributed by atoms with Gasteiger partial charge in [0.05, 0.1) is 18.7 Å². The van der Waals surface area contributed by atoms with Crippen molar-refractivity contribution in [1.82, 2.24) is 10.6 Å². The number of rotatable bonds is 6. The van der Waals surface area contributed by atoms with Crippen LogP contribution in [-0.2, 0) is 20.9 Å². The molecule has 2 aromatic rings. The van der Waals surface area contributed by atoms with Crippen LogP contribution in [0.2, 0.25) is 0 Å². The van der Waals surface area contributed by atoms with E-state index in [9.17, 15) is 14.4 Å². The van der Waals surface area contributed by atoms with E-state index in [2.05, 4.69) is 16.0 Å². The molecule has 0 radical (unpaired) electrons. The van der Waals surface area contributed by atoms with Crippen molar-refractivity contribution >= 4 is 23.6 Å². The monoisotopic (exact) mass is 409 g/mol. The average Bonchev–Trinajstić information content (AvgIpc) is 2.72. The molecule has 3 N–H and O–H groups in total. The SMILES string of the molecule is COc1ccc(COC(=O)C2=C(C)NC(=O)NC2c2ccc(NC(C)=O)cc2)cc1. The van der Waals surface area contributed by atoms with Crippen LogP contribution in [0.5, 0.6) is 5.75 Å². The van der Waals surface area contributed by atoms with Gasteiger partial charge in [-0.05, 0) is 42.3 Å². The van der Waals surface area contributed by atoms with Gasteiger partial charge < -0.3 is 25.4 Å². The number of hydrogen-bond donors (Lipinski definition) is 3. The van der Waals surface area contributed by atoms with Crippen molar-refractivity contribution in [1.29, 1.82) is 0 Å². The fourth-order valence-electron chi connectivity index (χ4n) is 3.12. The van der Waals surface area contributed by atoms with Crippen LogP contribution in [0.4, 0.5) is 10.5 Å². The van der Waals surface area contributed by atoms with Crippen molar-refractivity contribution in [2.75, 3.05) is 12.4 Å². The molecule has 156 valence electrons. The molecule has 1 heterocycles. The van der Waals surface area contributed by atoms with Gasteiger partial charge in [-0.2, -0.15) is 0 Å². The van der Waals surface area contributed by atoms with E-state index in [0.717, 1.165) is 5.56 Å². The molecule has 8 nitrogen and oxygen atoms in total. The molecular formula is C22H23N3O5. The van der Waals surface area contributed by atoms with Gasteiger partial charge in [-0.1, -0.05) is 24.3 Å². The highest BCUT2D eigenvalue weighted by molar-refractivity contribution is 5.95. The first-order chi connectivity index (χ1) is 14.4. The highest BCUT2D eigenvalue weighted by Gasteiger charge is 2.32. The van der Waals surface area contributed by atoms with Crippen LogP contribution in [0.3, 0.4) is 0 Å². The minimum absolute atomic E-state index is 0.0851. The van der Waals surface area contributed by atoms with Crippen LogP contribution in [0, 0.1) is 0 Å². The molecule has 1 aliphatic rings. The Kier molecular flexibility index (Phi) is 6.36. The van der Waals surface area contributed by atoms with Crippen LogP contribution in [0.1, 0.15) is 31.0 Å². The minimum Gasteiger partial charge on any atom is -0.497 e. The Morgan fingerprint density at radius 3 is 2.33 bits per heavy atom. The van der Waals surface area contributed by atoms with Gasteiger partial charge in [0.25, 0.3) is 0 Å². The van der Waals surface area contributed by atoms with Crippen molar-refractivity contribution in [3.8, 4) is 5.75 Å². The number of carbonyl (C=O) groups is 3. The molecular weight excluding hydrogens is 386 g/mol. The summed E-state index contributed by atoms with van der Waals surface area (Å²) in [6.45, 7) is 3.16. The molecule has 8 heteroatoms. The number of urea groups is 1. The highest BCUT2D eigenvalue weighted by Crippen LogP contribution is 2.29. The Morgan fingerprint density at radius 1 is 1.07 bits per heavy atom. The number of esters is 1. The number of carbonyl (C=O) groups excluding carboxylic acids is 3. The summed E-state index contributed by atoms with van der Waals surface area (Å²) in [5.74, 6) is -0.00573. The summed E-state index contributed by atoms with van der Waals surface area (Å²) in [5.41, 5.74) is 2.86. The first-order valence-electron chi connectivity index (χ1n) is 9.33. The van der Waals surface area contributed by atoms with E-state index in [4.69, 9.17) is 9.47 Å². The Hall–Kier alpha value is -3.81. The zero-order chi connectivity index (χ0) is 21.7. The molecule has 3 amide bonds. The number of benzene rings is 2. The predicted octanol–water partition coefficient (Wildman–Crippen LogP) is 3.02. The highest BCUT2D eigenvalue weighted by atomic mass is 16.5. The van der Waals surface area contributed by atoms with Crippen molar-refractivity contribution in [3.05, 3.63) is 70.9 Å². The summed E-state index contributed by atoms with van der Waals surface area (Å²) in [4.78, 5) is 36.1. The van der Waals surface area contributed by atoms with Gasteiger partial charge in [0, 0.05) is 18.3 Å². The third-order valence-corrected chi connectivity index (χ3v) is 4.58. The van der Waals surface area contributed by atoms with Gasteiger partial charge in [-0.15, -0.1) is 0 Å². The maximum Gasteiger partial charge on any atom is 0.338 e. The predicted molar refractivity (Wildman–Crippen MR) is 111 cm³/mol. The Morgan fingerprint density at radius 2 is 1.73 bits per heavy atom. The van der Waals surface area contributed by atoms with Crippen molar-refractivity contribution in [2.45, 2.75) is 26.5 Å². The minimum atomic E-state index is -0.673. The molecule has 0 fully saturated rings. The van der Waals surface area contributed by atoms with Crippen molar-refractivity contribution in [2.24, 2.45) is 0 Å². The molecule has 1 unspecified atom stereocenters. The lowest BCUT2D eigenvalue weighted by atomic mass is 9.95. The topological polar surface area (TPSA) is 106 Å². The van der Waals surface area contributed by atoms with Crippen LogP contribution >= 0.6 is 0 Å². The number of nitrogens with one attached hydrogen (secondary N) is 3. The van der Waals surface area contributed by atoms with Crippen LogP contribution in [0.15, 0.2) is 59.8 Å². The largest absolute Gasteiger partial charge is 0.497 e. The molecule has 0 aliphatic carbocycles. The quantitative estimate of drug-likeness (QED) is 0.636. The van der Waals surface area contributed by atoms with Gasteiger partial charge in [0.1, 0.15) is 12.4 Å². The average molecular weight is 409 g/mol. The normalized spacial score (nSPS) is 15.7. The number of allylic oxidation sites excluding steroid dienone is 1. The van der Waals surface area contributed by atoms with E-state index in [1.165, 1.54) is 6.92 Å². The number of amides is 3. The second-order valence-corrected chi connectivity index (χ2v) is 6.80. The number of anilines is 1. The molecule has 0 spiro atoms. The second-order valence-electron chi connectivity index (χ2n) is 6.80. The Labute approximate surface area is 174 Å². The zero-order valence-electron chi connectivity index (χ0n) is 16.9. The van der Waals surface area contributed by atoms with E-state index in [-0.39, 0.29) is 12.5 Å². The first kappa shape index (κ1) is 20.9. The summed E-state index contributed by atoms with van der Waals surface area (Å²) < 4.78 is 10.6. The molecule has 0 saturated heterocycles. The fourth-order valence-corrected chi connectivity index (χ4v) is 3.12. The van der Waals surface area contributed by atoms with Gasteiger partial charge in [0.15, 0.2) is 0 Å². The van der Waals surface area contributed by atoms with Gasteiger partial charge in [0.2, 0.25) is 5.91 Å². The molecule has 30 heavy (non-hydrogen) atoms. The third-order valence-electron chi connectivity index (χ3n) is 4.58. The van der Waals surface area contributed by atoms with E-state index in [1.54, 1.807) is 50.4 Å². The molecule has 0 bridgehead atoms. The van der Waals surface area contributed by atoms with Gasteiger partial charge >= 0.3 is 12.0 Å². The standard InChI is InChI=1S/C22H23N3O5/c1-13-19(21(27)30-12-15-4-10-18(29-3)11-5-15)20(25-22(28)23-13)16-6-8-17(9-7-16)24-14(2)26/h4-11,20H,12H2,1-3H3,(H,24,26)(H2,23,25,28). The molecule has 0 saturated carbocycles. The van der Waals surface area contributed by atoms with Crippen LogP contribution < -0.4 is 20.7 Å². The summed E-state index contributed by atoms with van der Waals surface area (Å²) in [6, 6.07) is 13.0. The Balaban J connectivity index is 1.78. The molecule has 0 aromatic heterocycles. The van der Waals surface area contributed by atoms with Gasteiger partial charge in [-0.3, -0.25) is 4.79 Å². The van der Waals surface area contributed by atoms with E-state index >= 15 is 0 Å². The van der Waals surface area contributed by atoms with E-state index in [0.29, 0.717) is 28.3 Å². The number of hydrogen-bond acceptors (Lipinski definition) is 5. The van der Waals surface area contributed by atoms with Crippen LogP contribution in [0.25, 0.3) is 0 Å².